The standard InChI is InChI=1S/3C10H11F7O2.Pr/c3*1-7(2,3)5(18)4-6(19)8(11,12)9(13,14)10(15,16)17;/h3*4,18H,1-3H3;/q;;;+3/p-3/b3*5-4-;. The predicted molar refractivity (Wildman–Crippen MR) is 149 cm³/mol. The first kappa shape index (κ1) is 55.5. The number of halogens is 21. The van der Waals surface area contributed by atoms with Gasteiger partial charge in [-0.3, -0.25) is 0 Å². The van der Waals surface area contributed by atoms with Gasteiger partial charge in [-0.25, -0.2) is 0 Å². The summed E-state index contributed by atoms with van der Waals surface area (Å²) in [6, 6.07) is 0. The molecule has 336 valence electrons. The first-order valence-electron chi connectivity index (χ1n) is 15.1. The molecule has 0 N–H and O–H groups in total. The monoisotopic (exact) mass is 1030 g/mol. The quantitative estimate of drug-likeness (QED) is 0.0924. The summed E-state index contributed by atoms with van der Waals surface area (Å²) < 4.78 is 298. The van der Waals surface area contributed by atoms with Crippen molar-refractivity contribution in [1.29, 1.82) is 0 Å². The fraction of sp³-hybridized carbons (Fsp3) is 0.700. The maximum absolute atomic E-state index is 14.3. The van der Waals surface area contributed by atoms with Gasteiger partial charge in [0.25, 0.3) is 0 Å². The molecule has 0 spiro atoms. The van der Waals surface area contributed by atoms with Gasteiger partial charge in [-0.2, -0.15) is 0 Å². The number of carbonyl (C=O) groups is 3. The Labute approximate surface area is 330 Å². The van der Waals surface area contributed by atoms with Crippen LogP contribution in [0.2, 0.25) is 0 Å². The molecular formula is C30H30F21O6Pr. The molecule has 0 fully saturated rings. The Balaban J connectivity index is 8.16. The number of hydrogen-bond donors (Lipinski definition) is 0. The van der Waals surface area contributed by atoms with Gasteiger partial charge >= 0.3 is 332 Å². The van der Waals surface area contributed by atoms with E-state index in [9.17, 15) is 107 Å². The molecule has 0 aromatic rings. The number of hydrogen-bond acceptors (Lipinski definition) is 6. The SMILES string of the molecule is CC(C)(C)/C(=C/C(=O)C(F)(F)C(F)(F)C(F)(F)F)[O][Pr]([O]/C(=C\C(=O)C(F)(F)C(F)(F)C(F)(F)F)C(C)(C)C)[O]/C(=C\C(=O)C(F)(F)C(F)(F)C(F)(F)F)C(C)(C)C. The Morgan fingerprint density at radius 2 is 0.500 bits per heavy atom. The summed E-state index contributed by atoms with van der Waals surface area (Å²) in [5.41, 5.74) is -6.47. The second kappa shape index (κ2) is 16.8. The van der Waals surface area contributed by atoms with Crippen LogP contribution in [0.25, 0.3) is 0 Å². The van der Waals surface area contributed by atoms with Crippen molar-refractivity contribution in [2.75, 3.05) is 0 Å². The molecule has 0 amide bonds. The number of alkyl halides is 21. The molecule has 0 aromatic heterocycles. The zero-order valence-electron chi connectivity index (χ0n) is 30.7. The third-order valence-electron chi connectivity index (χ3n) is 6.85. The van der Waals surface area contributed by atoms with E-state index < -0.39 is 160 Å². The Morgan fingerprint density at radius 1 is 0.345 bits per heavy atom. The van der Waals surface area contributed by atoms with Crippen LogP contribution in [-0.2, 0) is 17.4 Å². The second-order valence-electron chi connectivity index (χ2n) is 15.0. The Kier molecular flexibility index (Phi) is 16.0. The van der Waals surface area contributed by atoms with Gasteiger partial charge in [0.1, 0.15) is 0 Å². The van der Waals surface area contributed by atoms with Crippen molar-refractivity contribution in [1.82, 2.24) is 0 Å². The van der Waals surface area contributed by atoms with E-state index in [-0.39, 0.29) is 0 Å². The number of carbonyl (C=O) groups excluding carboxylic acids is 3. The van der Waals surface area contributed by atoms with E-state index in [4.69, 9.17) is 3.02 Å². The molecule has 0 aliphatic heterocycles. The minimum atomic E-state index is -7.13. The second-order valence-corrected chi connectivity index (χ2v) is 19.1. The summed E-state index contributed by atoms with van der Waals surface area (Å²) >= 11 is -6.58. The summed E-state index contributed by atoms with van der Waals surface area (Å²) in [7, 11) is 0. The fourth-order valence-electron chi connectivity index (χ4n) is 3.29. The zero-order chi connectivity index (χ0) is 47.3. The zero-order valence-corrected chi connectivity index (χ0v) is 34.4. The van der Waals surface area contributed by atoms with Crippen molar-refractivity contribution >= 4 is 17.3 Å². The van der Waals surface area contributed by atoms with E-state index in [0.717, 1.165) is 62.3 Å². The van der Waals surface area contributed by atoms with Crippen LogP contribution in [0.5, 0.6) is 0 Å². The van der Waals surface area contributed by atoms with E-state index in [1.807, 2.05) is 0 Å². The van der Waals surface area contributed by atoms with Gasteiger partial charge in [0, 0.05) is 0 Å². The molecule has 0 atom stereocenters. The van der Waals surface area contributed by atoms with E-state index in [1.165, 1.54) is 0 Å². The van der Waals surface area contributed by atoms with Gasteiger partial charge in [-0.1, -0.05) is 0 Å². The average Bonchev–Trinajstić information content (AvgIpc) is 2.95. The topological polar surface area (TPSA) is 78.9 Å². The van der Waals surface area contributed by atoms with Crippen LogP contribution in [0, 0.1) is 53.1 Å². The third-order valence-corrected chi connectivity index (χ3v) is 11.1. The summed E-state index contributed by atoms with van der Waals surface area (Å²) in [6.07, 6.45) is -23.7. The van der Waals surface area contributed by atoms with Gasteiger partial charge in [0.05, 0.1) is 0 Å². The summed E-state index contributed by atoms with van der Waals surface area (Å²) in [5, 5.41) is 0. The van der Waals surface area contributed by atoms with Gasteiger partial charge in [0.2, 0.25) is 0 Å². The van der Waals surface area contributed by atoms with Crippen LogP contribution in [0.1, 0.15) is 62.3 Å². The van der Waals surface area contributed by atoms with Crippen LogP contribution >= 0.6 is 0 Å². The number of ketones is 3. The molecule has 58 heavy (non-hydrogen) atoms. The summed E-state index contributed by atoms with van der Waals surface area (Å²) in [4.78, 5) is 36.8. The van der Waals surface area contributed by atoms with E-state index >= 15 is 0 Å². The molecule has 28 heteroatoms. The van der Waals surface area contributed by atoms with E-state index in [1.54, 1.807) is 0 Å². The van der Waals surface area contributed by atoms with Crippen LogP contribution in [-0.4, -0.2) is 71.4 Å². The molecule has 0 bridgehead atoms. The first-order chi connectivity index (χ1) is 24.9. The molecular weight excluding hydrogens is 996 g/mol. The first-order valence-corrected chi connectivity index (χ1v) is 19.7. The normalized spacial score (nSPS) is 15.9. The average molecular weight is 1030 g/mol. The van der Waals surface area contributed by atoms with Gasteiger partial charge in [-0.15, -0.1) is 0 Å². The molecule has 0 heterocycles. The Bertz CT molecular complexity index is 1440. The minimum absolute atomic E-state index is 0.771. The number of allylic oxidation sites excluding steroid dienone is 6. The van der Waals surface area contributed by atoms with Crippen molar-refractivity contribution in [3.8, 4) is 0 Å². The molecule has 0 saturated heterocycles. The van der Waals surface area contributed by atoms with Crippen molar-refractivity contribution in [2.24, 2.45) is 16.2 Å². The molecule has 0 aliphatic carbocycles. The van der Waals surface area contributed by atoms with Crippen LogP contribution < -0.4 is 0 Å². The van der Waals surface area contributed by atoms with Crippen LogP contribution in [0.15, 0.2) is 35.5 Å². The van der Waals surface area contributed by atoms with Crippen molar-refractivity contribution in [3.05, 3.63) is 35.5 Å². The molecule has 0 aliphatic rings. The Hall–Kier alpha value is -2.48. The molecule has 0 saturated carbocycles. The predicted octanol–water partition coefficient (Wildman–Crippen LogP) is 11.4. The molecule has 0 unspecified atom stereocenters. The summed E-state index contributed by atoms with van der Waals surface area (Å²) in [6.45, 7) is 7.04. The van der Waals surface area contributed by atoms with Crippen molar-refractivity contribution in [3.63, 3.8) is 0 Å². The van der Waals surface area contributed by atoms with Gasteiger partial charge in [0.15, 0.2) is 0 Å². The summed E-state index contributed by atoms with van der Waals surface area (Å²) in [5.74, 6) is -56.4. The molecule has 0 aromatic carbocycles. The van der Waals surface area contributed by atoms with Crippen LogP contribution in [0.3, 0.4) is 0 Å². The Morgan fingerprint density at radius 3 is 0.621 bits per heavy atom. The number of rotatable bonds is 15. The van der Waals surface area contributed by atoms with Gasteiger partial charge in [-0.05, 0) is 0 Å². The third kappa shape index (κ3) is 11.9. The van der Waals surface area contributed by atoms with E-state index in [2.05, 4.69) is 0 Å². The molecule has 6 nitrogen and oxygen atoms in total. The van der Waals surface area contributed by atoms with Crippen molar-refractivity contribution in [2.45, 2.75) is 116 Å². The molecule has 0 rings (SSSR count). The maximum atomic E-state index is 14.3. The fourth-order valence-corrected chi connectivity index (χ4v) is 9.81. The van der Waals surface area contributed by atoms with Crippen LogP contribution in [0.4, 0.5) is 92.2 Å². The van der Waals surface area contributed by atoms with Gasteiger partial charge < -0.3 is 0 Å². The molecule has 0 radical (unpaired) electrons. The van der Waals surface area contributed by atoms with Crippen molar-refractivity contribution < 1.29 is 146 Å². The van der Waals surface area contributed by atoms with E-state index in [0.29, 0.717) is 0 Å².